The van der Waals surface area contributed by atoms with Gasteiger partial charge in [0.15, 0.2) is 5.96 Å². The van der Waals surface area contributed by atoms with Gasteiger partial charge < -0.3 is 32.3 Å². The molecule has 35 heavy (non-hydrogen) atoms. The second kappa shape index (κ2) is 13.4. The van der Waals surface area contributed by atoms with Gasteiger partial charge in [-0.05, 0) is 29.7 Å². The lowest BCUT2D eigenvalue weighted by Crippen LogP contribution is -2.55. The third-order valence-corrected chi connectivity index (χ3v) is 4.95. The van der Waals surface area contributed by atoms with Crippen molar-refractivity contribution in [1.82, 2.24) is 10.6 Å². The molecular weight excluding hydrogens is 454 g/mol. The molecule has 0 aliphatic carbocycles. The standard InChI is InChI=1S/C23H29N7O5/c1-2-17(26-22(24)25)19(21(33)34)28-20(32)18(12-14-6-4-3-5-7-14)27-23(35)30-29-16-10-8-15(13-31)9-11-16/h3-11,17-19,31H,2,12-13H2,1H3,(H,27,35)(H,28,32)(H,33,34)(H4,24,25,26). The number of azo groups is 1. The van der Waals surface area contributed by atoms with E-state index in [0.29, 0.717) is 11.3 Å². The molecule has 186 valence electrons. The lowest BCUT2D eigenvalue weighted by molar-refractivity contribution is -0.142. The molecule has 8 N–H and O–H groups in total. The first-order chi connectivity index (χ1) is 16.7. The van der Waals surface area contributed by atoms with Crippen molar-refractivity contribution >= 4 is 29.6 Å². The fourth-order valence-electron chi connectivity index (χ4n) is 3.18. The number of guanidine groups is 1. The summed E-state index contributed by atoms with van der Waals surface area (Å²) in [5.41, 5.74) is 12.6. The summed E-state index contributed by atoms with van der Waals surface area (Å²) in [5, 5.41) is 31.0. The number of hydrogen-bond acceptors (Lipinski definition) is 6. The van der Waals surface area contributed by atoms with Crippen molar-refractivity contribution in [2.45, 2.75) is 44.5 Å². The molecule has 3 atom stereocenters. The predicted octanol–water partition coefficient (Wildman–Crippen LogP) is 1.20. The van der Waals surface area contributed by atoms with E-state index >= 15 is 0 Å². The molecule has 0 aliphatic heterocycles. The summed E-state index contributed by atoms with van der Waals surface area (Å²) in [6.07, 6.45) is 0.318. The van der Waals surface area contributed by atoms with Gasteiger partial charge in [0.2, 0.25) is 5.91 Å². The first-order valence-electron chi connectivity index (χ1n) is 10.8. The van der Waals surface area contributed by atoms with Crippen molar-refractivity contribution in [3.8, 4) is 0 Å². The molecule has 0 aliphatic rings. The summed E-state index contributed by atoms with van der Waals surface area (Å²) in [6.45, 7) is 1.55. The van der Waals surface area contributed by atoms with E-state index in [1.54, 1.807) is 61.5 Å². The minimum atomic E-state index is -1.42. The quantitative estimate of drug-likeness (QED) is 0.156. The van der Waals surface area contributed by atoms with Crippen LogP contribution in [0.4, 0.5) is 10.5 Å². The first-order valence-corrected chi connectivity index (χ1v) is 10.8. The van der Waals surface area contributed by atoms with Gasteiger partial charge in [0.25, 0.3) is 0 Å². The summed E-state index contributed by atoms with van der Waals surface area (Å²) in [5.74, 6) is -2.38. The molecule has 2 aromatic carbocycles. The van der Waals surface area contributed by atoms with Gasteiger partial charge in [-0.1, -0.05) is 54.5 Å². The lowest BCUT2D eigenvalue weighted by Gasteiger charge is -2.24. The second-order valence-corrected chi connectivity index (χ2v) is 7.57. The number of nitrogens with one attached hydrogen (secondary N) is 2. The van der Waals surface area contributed by atoms with Crippen molar-refractivity contribution < 1.29 is 24.6 Å². The molecule has 0 bridgehead atoms. The molecule has 0 radical (unpaired) electrons. The number of rotatable bonds is 11. The highest BCUT2D eigenvalue weighted by Gasteiger charge is 2.32. The molecule has 2 rings (SSSR count). The zero-order valence-electron chi connectivity index (χ0n) is 19.2. The number of hydrogen-bond donors (Lipinski definition) is 6. The second-order valence-electron chi connectivity index (χ2n) is 7.57. The fraction of sp³-hybridized carbons (Fsp3) is 0.304. The Morgan fingerprint density at radius 3 is 2.17 bits per heavy atom. The van der Waals surface area contributed by atoms with Crippen LogP contribution in [0, 0.1) is 0 Å². The Balaban J connectivity index is 2.20. The van der Waals surface area contributed by atoms with Gasteiger partial charge in [0, 0.05) is 6.42 Å². The highest BCUT2D eigenvalue weighted by molar-refractivity contribution is 5.91. The SMILES string of the molecule is CCC(N=C(N)N)C(NC(=O)C(Cc1ccccc1)NC(=O)N=Nc1ccc(CO)cc1)C(=O)O. The van der Waals surface area contributed by atoms with E-state index in [-0.39, 0.29) is 25.4 Å². The maximum atomic E-state index is 13.1. The van der Waals surface area contributed by atoms with Crippen LogP contribution < -0.4 is 22.1 Å². The number of carboxylic acids is 1. The highest BCUT2D eigenvalue weighted by Crippen LogP contribution is 2.14. The Bertz CT molecular complexity index is 1050. The van der Waals surface area contributed by atoms with Crippen molar-refractivity contribution in [3.05, 3.63) is 65.7 Å². The number of carbonyl (C=O) groups is 3. The molecule has 12 nitrogen and oxygen atoms in total. The zero-order valence-corrected chi connectivity index (χ0v) is 19.2. The molecule has 0 fully saturated rings. The number of aliphatic hydroxyl groups excluding tert-OH is 1. The van der Waals surface area contributed by atoms with E-state index in [0.717, 1.165) is 5.56 Å². The number of aliphatic hydroxyl groups is 1. The number of carbonyl (C=O) groups excluding carboxylic acids is 2. The fourth-order valence-corrected chi connectivity index (χ4v) is 3.18. The normalized spacial score (nSPS) is 13.4. The number of aliphatic carboxylic acids is 1. The maximum Gasteiger partial charge on any atom is 0.360 e. The van der Waals surface area contributed by atoms with Crippen molar-refractivity contribution in [2.24, 2.45) is 26.7 Å². The van der Waals surface area contributed by atoms with Gasteiger partial charge in [-0.15, -0.1) is 5.11 Å². The van der Waals surface area contributed by atoms with Crippen LogP contribution in [0.2, 0.25) is 0 Å². The topological polar surface area (TPSA) is 205 Å². The number of urea groups is 1. The summed E-state index contributed by atoms with van der Waals surface area (Å²) in [7, 11) is 0. The zero-order chi connectivity index (χ0) is 25.8. The average Bonchev–Trinajstić information content (AvgIpc) is 2.84. The van der Waals surface area contributed by atoms with E-state index in [1.807, 2.05) is 0 Å². The van der Waals surface area contributed by atoms with E-state index in [2.05, 4.69) is 25.9 Å². The molecule has 0 aromatic heterocycles. The Hall–Kier alpha value is -4.32. The van der Waals surface area contributed by atoms with Gasteiger partial charge in [-0.3, -0.25) is 4.79 Å². The van der Waals surface area contributed by atoms with Crippen LogP contribution in [0.3, 0.4) is 0 Å². The average molecular weight is 484 g/mol. The monoisotopic (exact) mass is 483 g/mol. The van der Waals surface area contributed by atoms with Crippen LogP contribution in [0.15, 0.2) is 69.8 Å². The smallest absolute Gasteiger partial charge is 0.360 e. The predicted molar refractivity (Wildman–Crippen MR) is 129 cm³/mol. The van der Waals surface area contributed by atoms with Crippen LogP contribution >= 0.6 is 0 Å². The molecule has 3 unspecified atom stereocenters. The molecule has 2 aromatic rings. The van der Waals surface area contributed by atoms with Gasteiger partial charge in [-0.25, -0.2) is 14.6 Å². The number of benzene rings is 2. The Morgan fingerprint density at radius 1 is 0.971 bits per heavy atom. The summed E-state index contributed by atoms with van der Waals surface area (Å²) < 4.78 is 0. The van der Waals surface area contributed by atoms with Crippen LogP contribution in [-0.2, 0) is 22.6 Å². The van der Waals surface area contributed by atoms with Crippen LogP contribution in [0.25, 0.3) is 0 Å². The minimum absolute atomic E-state index is 0.0740. The van der Waals surface area contributed by atoms with Crippen LogP contribution in [0.5, 0.6) is 0 Å². The third-order valence-electron chi connectivity index (χ3n) is 4.95. The largest absolute Gasteiger partial charge is 0.480 e. The number of carboxylic acid groups (broad SMARTS) is 1. The van der Waals surface area contributed by atoms with Gasteiger partial charge in [0.05, 0.1) is 18.3 Å². The Morgan fingerprint density at radius 2 is 1.63 bits per heavy atom. The van der Waals surface area contributed by atoms with Gasteiger partial charge in [0.1, 0.15) is 12.1 Å². The summed E-state index contributed by atoms with van der Waals surface area (Å²) in [6, 6.07) is 10.9. The number of nitrogens with two attached hydrogens (primary N) is 2. The van der Waals surface area contributed by atoms with Crippen LogP contribution in [0.1, 0.15) is 24.5 Å². The molecule has 3 amide bonds. The number of aliphatic imine (C=N–C) groups is 1. The van der Waals surface area contributed by atoms with Crippen LogP contribution in [-0.4, -0.2) is 52.2 Å². The number of amides is 3. The van der Waals surface area contributed by atoms with Crippen molar-refractivity contribution in [1.29, 1.82) is 0 Å². The molecule has 0 saturated heterocycles. The van der Waals surface area contributed by atoms with Gasteiger partial charge in [-0.2, -0.15) is 0 Å². The lowest BCUT2D eigenvalue weighted by atomic mass is 10.0. The summed E-state index contributed by atoms with van der Waals surface area (Å²) in [4.78, 5) is 41.2. The maximum absolute atomic E-state index is 13.1. The third kappa shape index (κ3) is 8.85. The highest BCUT2D eigenvalue weighted by atomic mass is 16.4. The Kier molecular flexibility index (Phi) is 10.3. The van der Waals surface area contributed by atoms with E-state index in [4.69, 9.17) is 16.6 Å². The molecule has 0 saturated carbocycles. The Labute approximate surface area is 202 Å². The van der Waals surface area contributed by atoms with Crippen molar-refractivity contribution in [3.63, 3.8) is 0 Å². The first kappa shape index (κ1) is 26.9. The van der Waals surface area contributed by atoms with E-state index in [9.17, 15) is 19.5 Å². The minimum Gasteiger partial charge on any atom is -0.480 e. The van der Waals surface area contributed by atoms with Gasteiger partial charge >= 0.3 is 12.0 Å². The van der Waals surface area contributed by atoms with Crippen molar-refractivity contribution in [2.75, 3.05) is 0 Å². The molecular formula is C23H29N7O5. The summed E-state index contributed by atoms with van der Waals surface area (Å²) >= 11 is 0. The molecule has 12 heteroatoms. The molecule has 0 heterocycles. The molecule has 0 spiro atoms. The van der Waals surface area contributed by atoms with E-state index in [1.165, 1.54) is 0 Å². The number of nitrogens with zero attached hydrogens (tertiary/aromatic N) is 3. The van der Waals surface area contributed by atoms with E-state index < -0.39 is 36.0 Å².